The van der Waals surface area contributed by atoms with Gasteiger partial charge in [-0.25, -0.2) is 0 Å². The van der Waals surface area contributed by atoms with Crippen molar-refractivity contribution in [1.29, 1.82) is 5.26 Å². The Kier molecular flexibility index (Phi) is 5.06. The van der Waals surface area contributed by atoms with Gasteiger partial charge in [0.05, 0.1) is 17.6 Å². The minimum atomic E-state index is -0.668. The van der Waals surface area contributed by atoms with Gasteiger partial charge >= 0.3 is 0 Å². The molecule has 2 heteroatoms. The van der Waals surface area contributed by atoms with Crippen LogP contribution >= 0.6 is 0 Å². The fourth-order valence-corrected chi connectivity index (χ4v) is 3.57. The summed E-state index contributed by atoms with van der Waals surface area (Å²) in [5.74, 6) is 1.06. The molecular formula is C19H27NO. The lowest BCUT2D eigenvalue weighted by Crippen LogP contribution is -2.33. The second-order valence-corrected chi connectivity index (χ2v) is 6.86. The van der Waals surface area contributed by atoms with E-state index in [-0.39, 0.29) is 0 Å². The van der Waals surface area contributed by atoms with Crippen LogP contribution in [-0.2, 0) is 0 Å². The van der Waals surface area contributed by atoms with Crippen LogP contribution in [0.1, 0.15) is 76.0 Å². The lowest BCUT2D eigenvalue weighted by atomic mass is 9.65. The summed E-state index contributed by atoms with van der Waals surface area (Å²) >= 11 is 0. The fraction of sp³-hybridized carbons (Fsp3) is 0.632. The monoisotopic (exact) mass is 285 g/mol. The standard InChI is InChI=1S/C19H27NO/c1-4-15-6-5-11-19(12-15,13-20)18(21)17-9-7-16(8-10-17)14(2)3/h7-10,14-15,18,21H,4-6,11-12H2,1-3H3. The largest absolute Gasteiger partial charge is 0.387 e. The first-order valence-electron chi connectivity index (χ1n) is 8.21. The number of aliphatic hydroxyl groups excluding tert-OH is 1. The Morgan fingerprint density at radius 3 is 2.43 bits per heavy atom. The summed E-state index contributed by atoms with van der Waals surface area (Å²) in [6.45, 7) is 6.51. The van der Waals surface area contributed by atoms with Gasteiger partial charge in [0.15, 0.2) is 0 Å². The van der Waals surface area contributed by atoms with E-state index in [0.717, 1.165) is 31.2 Å². The van der Waals surface area contributed by atoms with E-state index in [4.69, 9.17) is 0 Å². The third-order valence-corrected chi connectivity index (χ3v) is 5.13. The molecule has 21 heavy (non-hydrogen) atoms. The molecule has 0 amide bonds. The van der Waals surface area contributed by atoms with Gasteiger partial charge in [-0.1, -0.05) is 64.3 Å². The third kappa shape index (κ3) is 3.30. The summed E-state index contributed by atoms with van der Waals surface area (Å²) in [5, 5.41) is 20.5. The normalized spacial score (nSPS) is 27.3. The van der Waals surface area contributed by atoms with Crippen molar-refractivity contribution in [2.75, 3.05) is 0 Å². The molecule has 2 nitrogen and oxygen atoms in total. The average molecular weight is 285 g/mol. The molecule has 0 spiro atoms. The van der Waals surface area contributed by atoms with E-state index in [1.165, 1.54) is 12.0 Å². The zero-order valence-electron chi connectivity index (χ0n) is 13.5. The van der Waals surface area contributed by atoms with E-state index < -0.39 is 11.5 Å². The first kappa shape index (κ1) is 16.0. The number of nitrogens with zero attached hydrogens (tertiary/aromatic N) is 1. The molecule has 1 saturated carbocycles. The molecule has 1 fully saturated rings. The lowest BCUT2D eigenvalue weighted by molar-refractivity contribution is 0.0185. The summed E-state index contributed by atoms with van der Waals surface area (Å²) < 4.78 is 0. The molecule has 114 valence electrons. The molecule has 1 aliphatic carbocycles. The zero-order chi connectivity index (χ0) is 15.5. The van der Waals surface area contributed by atoms with Crippen LogP contribution in [-0.4, -0.2) is 5.11 Å². The third-order valence-electron chi connectivity index (χ3n) is 5.13. The van der Waals surface area contributed by atoms with Crippen LogP contribution in [0.15, 0.2) is 24.3 Å². The van der Waals surface area contributed by atoms with Crippen molar-refractivity contribution in [2.24, 2.45) is 11.3 Å². The Hall–Kier alpha value is -1.33. The molecular weight excluding hydrogens is 258 g/mol. The number of benzene rings is 1. The summed E-state index contributed by atoms with van der Waals surface area (Å²) in [6, 6.07) is 10.6. The van der Waals surface area contributed by atoms with Crippen LogP contribution in [0.3, 0.4) is 0 Å². The van der Waals surface area contributed by atoms with Gasteiger partial charge in [0.2, 0.25) is 0 Å². The first-order valence-corrected chi connectivity index (χ1v) is 8.21. The minimum absolute atomic E-state index is 0.486. The second kappa shape index (κ2) is 6.62. The predicted molar refractivity (Wildman–Crippen MR) is 85.8 cm³/mol. The van der Waals surface area contributed by atoms with Crippen LogP contribution in [0.2, 0.25) is 0 Å². The Bertz CT molecular complexity index is 499. The number of aliphatic hydroxyl groups is 1. The molecule has 1 N–H and O–H groups in total. The minimum Gasteiger partial charge on any atom is -0.387 e. The number of nitriles is 1. The van der Waals surface area contributed by atoms with Crippen molar-refractivity contribution in [3.05, 3.63) is 35.4 Å². The molecule has 1 aromatic carbocycles. The topological polar surface area (TPSA) is 44.0 Å². The molecule has 0 aromatic heterocycles. The van der Waals surface area contributed by atoms with Gasteiger partial charge in [-0.3, -0.25) is 0 Å². The number of hydrogen-bond acceptors (Lipinski definition) is 2. The Morgan fingerprint density at radius 2 is 1.90 bits per heavy atom. The van der Waals surface area contributed by atoms with Gasteiger partial charge in [0.25, 0.3) is 0 Å². The zero-order valence-corrected chi connectivity index (χ0v) is 13.5. The second-order valence-electron chi connectivity index (χ2n) is 6.86. The molecule has 3 atom stereocenters. The van der Waals surface area contributed by atoms with E-state index in [1.807, 2.05) is 12.1 Å². The van der Waals surface area contributed by atoms with Crippen LogP contribution < -0.4 is 0 Å². The van der Waals surface area contributed by atoms with Crippen molar-refractivity contribution in [2.45, 2.75) is 64.9 Å². The SMILES string of the molecule is CCC1CCCC(C#N)(C(O)c2ccc(C(C)C)cc2)C1. The van der Waals surface area contributed by atoms with Crippen LogP contribution in [0.25, 0.3) is 0 Å². The molecule has 0 bridgehead atoms. The molecule has 0 saturated heterocycles. The van der Waals surface area contributed by atoms with E-state index in [1.54, 1.807) is 0 Å². The maximum Gasteiger partial charge on any atom is 0.0976 e. The van der Waals surface area contributed by atoms with E-state index in [9.17, 15) is 10.4 Å². The van der Waals surface area contributed by atoms with Crippen molar-refractivity contribution >= 4 is 0 Å². The summed E-state index contributed by atoms with van der Waals surface area (Å²) in [7, 11) is 0. The quantitative estimate of drug-likeness (QED) is 0.850. The maximum absolute atomic E-state index is 10.8. The van der Waals surface area contributed by atoms with Gasteiger partial charge < -0.3 is 5.11 Å². The number of rotatable bonds is 4. The lowest BCUT2D eigenvalue weighted by Gasteiger charge is -2.39. The summed E-state index contributed by atoms with van der Waals surface area (Å²) in [4.78, 5) is 0. The van der Waals surface area contributed by atoms with Gasteiger partial charge in [-0.15, -0.1) is 0 Å². The van der Waals surface area contributed by atoms with Crippen LogP contribution in [0, 0.1) is 22.7 Å². The van der Waals surface area contributed by atoms with Crippen molar-refractivity contribution in [3.63, 3.8) is 0 Å². The van der Waals surface area contributed by atoms with E-state index in [2.05, 4.69) is 39.0 Å². The smallest absolute Gasteiger partial charge is 0.0976 e. The van der Waals surface area contributed by atoms with Crippen LogP contribution in [0.5, 0.6) is 0 Å². The Balaban J connectivity index is 2.23. The molecule has 1 aliphatic rings. The van der Waals surface area contributed by atoms with Crippen molar-refractivity contribution in [3.8, 4) is 6.07 Å². The Labute approximate surface area is 128 Å². The average Bonchev–Trinajstić information content (AvgIpc) is 2.54. The maximum atomic E-state index is 10.8. The molecule has 0 aliphatic heterocycles. The fourth-order valence-electron chi connectivity index (χ4n) is 3.57. The highest BCUT2D eigenvalue weighted by atomic mass is 16.3. The van der Waals surface area contributed by atoms with Gasteiger partial charge in [0, 0.05) is 0 Å². The molecule has 2 rings (SSSR count). The highest BCUT2D eigenvalue weighted by molar-refractivity contribution is 5.29. The van der Waals surface area contributed by atoms with E-state index in [0.29, 0.717) is 11.8 Å². The van der Waals surface area contributed by atoms with Gasteiger partial charge in [-0.05, 0) is 35.8 Å². The summed E-state index contributed by atoms with van der Waals surface area (Å²) in [6.07, 6.45) is 4.31. The highest BCUT2D eigenvalue weighted by Gasteiger charge is 2.42. The van der Waals surface area contributed by atoms with Gasteiger partial charge in [0.1, 0.15) is 0 Å². The molecule has 1 aromatic rings. The van der Waals surface area contributed by atoms with Crippen molar-refractivity contribution in [1.82, 2.24) is 0 Å². The van der Waals surface area contributed by atoms with Crippen molar-refractivity contribution < 1.29 is 5.11 Å². The van der Waals surface area contributed by atoms with Gasteiger partial charge in [-0.2, -0.15) is 5.26 Å². The molecule has 0 radical (unpaired) electrons. The van der Waals surface area contributed by atoms with Crippen LogP contribution in [0.4, 0.5) is 0 Å². The summed E-state index contributed by atoms with van der Waals surface area (Å²) in [5.41, 5.74) is 1.56. The number of hydrogen-bond donors (Lipinski definition) is 1. The first-order chi connectivity index (χ1) is 10.0. The highest BCUT2D eigenvalue weighted by Crippen LogP contribution is 2.48. The molecule has 0 heterocycles. The van der Waals surface area contributed by atoms with E-state index >= 15 is 0 Å². The predicted octanol–water partition coefficient (Wildman–Crippen LogP) is 4.95. The molecule has 3 unspecified atom stereocenters. The Morgan fingerprint density at radius 1 is 1.29 bits per heavy atom.